The molecule has 6 nitrogen and oxygen atoms in total. The summed E-state index contributed by atoms with van der Waals surface area (Å²) in [5.41, 5.74) is -0.221. The Balaban J connectivity index is 2.50. The molecule has 1 aromatic rings. The van der Waals surface area contributed by atoms with Crippen molar-refractivity contribution in [1.29, 1.82) is 0 Å². The number of aromatic nitrogens is 2. The maximum absolute atomic E-state index is 11.5. The van der Waals surface area contributed by atoms with Crippen molar-refractivity contribution in [2.75, 3.05) is 23.9 Å². The van der Waals surface area contributed by atoms with Gasteiger partial charge >= 0.3 is 0 Å². The first kappa shape index (κ1) is 12.7. The molecule has 1 aromatic heterocycles. The summed E-state index contributed by atoms with van der Waals surface area (Å²) in [6.45, 7) is 0.416. The summed E-state index contributed by atoms with van der Waals surface area (Å²) < 4.78 is 23.1. The van der Waals surface area contributed by atoms with Crippen LogP contribution in [0.3, 0.4) is 0 Å². The summed E-state index contributed by atoms with van der Waals surface area (Å²) in [5.74, 6) is 0.353. The molecule has 0 amide bonds. The molecular weight excluding hydrogens is 230 g/mol. The zero-order chi connectivity index (χ0) is 12.2. The molecule has 0 aliphatic heterocycles. The number of rotatable bonds is 5. The molecule has 0 bridgehead atoms. The third-order valence-corrected chi connectivity index (χ3v) is 3.03. The van der Waals surface area contributed by atoms with E-state index in [1.54, 1.807) is 13.2 Å². The van der Waals surface area contributed by atoms with Crippen LogP contribution < -0.4 is 10.9 Å². The SMILES string of the molecule is Cn1ccnc(NCCCS(C)(=O)=O)c1=O. The van der Waals surface area contributed by atoms with Crippen molar-refractivity contribution >= 4 is 15.7 Å². The van der Waals surface area contributed by atoms with Crippen molar-refractivity contribution in [2.45, 2.75) is 6.42 Å². The Morgan fingerprint density at radius 3 is 2.81 bits per heavy atom. The summed E-state index contributed by atoms with van der Waals surface area (Å²) in [7, 11) is -1.31. The third kappa shape index (κ3) is 4.01. The third-order valence-electron chi connectivity index (χ3n) is 2.00. The molecule has 1 heterocycles. The van der Waals surface area contributed by atoms with Crippen LogP contribution in [0, 0.1) is 0 Å². The van der Waals surface area contributed by atoms with Crippen LogP contribution in [-0.4, -0.2) is 36.5 Å². The van der Waals surface area contributed by atoms with Crippen molar-refractivity contribution in [3.63, 3.8) is 0 Å². The molecule has 90 valence electrons. The van der Waals surface area contributed by atoms with Crippen LogP contribution in [-0.2, 0) is 16.9 Å². The number of sulfone groups is 1. The summed E-state index contributed by atoms with van der Waals surface area (Å²) >= 11 is 0. The van der Waals surface area contributed by atoms with Crippen LogP contribution in [0.25, 0.3) is 0 Å². The Morgan fingerprint density at radius 1 is 1.50 bits per heavy atom. The smallest absolute Gasteiger partial charge is 0.293 e. The van der Waals surface area contributed by atoms with E-state index in [-0.39, 0.29) is 17.1 Å². The van der Waals surface area contributed by atoms with Gasteiger partial charge in [-0.3, -0.25) is 4.79 Å². The lowest BCUT2D eigenvalue weighted by atomic mass is 10.4. The number of hydrogen-bond donors (Lipinski definition) is 1. The van der Waals surface area contributed by atoms with Gasteiger partial charge in [-0.1, -0.05) is 0 Å². The van der Waals surface area contributed by atoms with Crippen LogP contribution in [0.2, 0.25) is 0 Å². The van der Waals surface area contributed by atoms with Crippen molar-refractivity contribution in [3.8, 4) is 0 Å². The second-order valence-corrected chi connectivity index (χ2v) is 5.86. The highest BCUT2D eigenvalue weighted by Crippen LogP contribution is 1.94. The molecule has 1 N–H and O–H groups in total. The molecule has 0 aliphatic carbocycles. The van der Waals surface area contributed by atoms with Gasteiger partial charge in [0.05, 0.1) is 5.75 Å². The first-order chi connectivity index (χ1) is 7.40. The highest BCUT2D eigenvalue weighted by Gasteiger charge is 2.03. The maximum atomic E-state index is 11.5. The highest BCUT2D eigenvalue weighted by molar-refractivity contribution is 7.90. The van der Waals surface area contributed by atoms with Gasteiger partial charge in [-0.25, -0.2) is 13.4 Å². The van der Waals surface area contributed by atoms with Crippen LogP contribution in [0.15, 0.2) is 17.2 Å². The molecule has 0 spiro atoms. The second-order valence-electron chi connectivity index (χ2n) is 3.60. The molecule has 7 heteroatoms. The van der Waals surface area contributed by atoms with Crippen molar-refractivity contribution in [3.05, 3.63) is 22.7 Å². The summed E-state index contributed by atoms with van der Waals surface area (Å²) in [6.07, 6.45) is 4.72. The molecule has 0 fully saturated rings. The minimum atomic E-state index is -2.94. The van der Waals surface area contributed by atoms with Crippen molar-refractivity contribution in [1.82, 2.24) is 9.55 Å². The number of aryl methyl sites for hydroxylation is 1. The van der Waals surface area contributed by atoms with E-state index < -0.39 is 9.84 Å². The highest BCUT2D eigenvalue weighted by atomic mass is 32.2. The van der Waals surface area contributed by atoms with Gasteiger partial charge in [-0.2, -0.15) is 0 Å². The van der Waals surface area contributed by atoms with Crippen LogP contribution in [0.1, 0.15) is 6.42 Å². The van der Waals surface area contributed by atoms with Gasteiger partial charge < -0.3 is 9.88 Å². The monoisotopic (exact) mass is 245 g/mol. The minimum Gasteiger partial charge on any atom is -0.365 e. The zero-order valence-electron chi connectivity index (χ0n) is 9.30. The first-order valence-corrected chi connectivity index (χ1v) is 6.89. The Kier molecular flexibility index (Phi) is 4.05. The normalized spacial score (nSPS) is 11.4. The maximum Gasteiger partial charge on any atom is 0.293 e. The van der Waals surface area contributed by atoms with E-state index >= 15 is 0 Å². The summed E-state index contributed by atoms with van der Waals surface area (Å²) in [6, 6.07) is 0. The van der Waals surface area contributed by atoms with Crippen LogP contribution in [0.5, 0.6) is 0 Å². The number of hydrogen-bond acceptors (Lipinski definition) is 5. The fourth-order valence-corrected chi connectivity index (χ4v) is 1.83. The van der Waals surface area contributed by atoms with Gasteiger partial charge in [-0.15, -0.1) is 0 Å². The minimum absolute atomic E-state index is 0.104. The molecule has 1 rings (SSSR count). The summed E-state index contributed by atoms with van der Waals surface area (Å²) in [4.78, 5) is 15.4. The molecule has 0 unspecified atom stereocenters. The van der Waals surface area contributed by atoms with Crippen LogP contribution >= 0.6 is 0 Å². The largest absolute Gasteiger partial charge is 0.365 e. The Bertz CT molecular complexity index is 507. The van der Waals surface area contributed by atoms with Gasteiger partial charge in [0.1, 0.15) is 9.84 Å². The van der Waals surface area contributed by atoms with E-state index in [0.29, 0.717) is 13.0 Å². The van der Waals surface area contributed by atoms with Gasteiger partial charge in [0, 0.05) is 32.2 Å². The topological polar surface area (TPSA) is 81.1 Å². The standard InChI is InChI=1S/C9H15N3O3S/c1-12-6-5-11-8(9(12)13)10-4-3-7-16(2,14)15/h5-6H,3-4,7H2,1-2H3,(H,10,11). The number of nitrogens with zero attached hydrogens (tertiary/aromatic N) is 2. The molecule has 0 saturated heterocycles. The van der Waals surface area contributed by atoms with E-state index in [1.165, 1.54) is 17.0 Å². The van der Waals surface area contributed by atoms with Gasteiger partial charge in [0.15, 0.2) is 5.82 Å². The van der Waals surface area contributed by atoms with E-state index in [9.17, 15) is 13.2 Å². The lowest BCUT2D eigenvalue weighted by molar-refractivity contribution is 0.600. The average Bonchev–Trinajstić information content (AvgIpc) is 2.17. The Labute approximate surface area is 94.2 Å². The Morgan fingerprint density at radius 2 is 2.19 bits per heavy atom. The van der Waals surface area contributed by atoms with Gasteiger partial charge in [0.25, 0.3) is 5.56 Å². The van der Waals surface area contributed by atoms with E-state index in [4.69, 9.17) is 0 Å². The number of anilines is 1. The quantitative estimate of drug-likeness (QED) is 0.716. The van der Waals surface area contributed by atoms with Gasteiger partial charge in [0.2, 0.25) is 0 Å². The van der Waals surface area contributed by atoms with Crippen molar-refractivity contribution in [2.24, 2.45) is 7.05 Å². The van der Waals surface area contributed by atoms with Crippen LogP contribution in [0.4, 0.5) is 5.82 Å². The van der Waals surface area contributed by atoms with E-state index in [2.05, 4.69) is 10.3 Å². The lowest BCUT2D eigenvalue weighted by Crippen LogP contribution is -2.23. The Hall–Kier alpha value is -1.37. The zero-order valence-corrected chi connectivity index (χ0v) is 10.1. The fourth-order valence-electron chi connectivity index (χ4n) is 1.16. The average molecular weight is 245 g/mol. The molecule has 0 atom stereocenters. The van der Waals surface area contributed by atoms with Crippen molar-refractivity contribution < 1.29 is 8.42 Å². The van der Waals surface area contributed by atoms with Gasteiger partial charge in [-0.05, 0) is 6.42 Å². The number of nitrogens with one attached hydrogen (secondary N) is 1. The molecule has 0 radical (unpaired) electrons. The summed E-state index contributed by atoms with van der Waals surface area (Å²) in [5, 5.41) is 2.82. The first-order valence-electron chi connectivity index (χ1n) is 4.83. The molecule has 16 heavy (non-hydrogen) atoms. The molecule has 0 aliphatic rings. The second kappa shape index (κ2) is 5.11. The molecule has 0 saturated carbocycles. The fraction of sp³-hybridized carbons (Fsp3) is 0.556. The molecular formula is C9H15N3O3S. The van der Waals surface area contributed by atoms with E-state index in [0.717, 1.165) is 0 Å². The predicted molar refractivity (Wildman–Crippen MR) is 62.3 cm³/mol. The molecule has 0 aromatic carbocycles. The lowest BCUT2D eigenvalue weighted by Gasteiger charge is -2.05. The predicted octanol–water partition coefficient (Wildman–Crippen LogP) is -0.373. The van der Waals surface area contributed by atoms with E-state index in [1.807, 2.05) is 0 Å².